The molecule has 1 heterocycles. The SMILES string of the molecule is O=C(c1ccc([N+](=O)[O-])cc1[N+](=O)[O-])N1CCN(c2cccc(Cl)c2)CC1. The van der Waals surface area contributed by atoms with Gasteiger partial charge in [-0.3, -0.25) is 25.0 Å². The first-order valence-corrected chi connectivity index (χ1v) is 8.47. The monoisotopic (exact) mass is 390 g/mol. The maximum atomic E-state index is 12.7. The summed E-state index contributed by atoms with van der Waals surface area (Å²) in [4.78, 5) is 36.9. The van der Waals surface area contributed by atoms with Crippen LogP contribution < -0.4 is 4.90 Å². The van der Waals surface area contributed by atoms with Gasteiger partial charge in [-0.15, -0.1) is 0 Å². The van der Waals surface area contributed by atoms with Gasteiger partial charge in [-0.25, -0.2) is 0 Å². The van der Waals surface area contributed by atoms with E-state index in [1.165, 1.54) is 4.90 Å². The Bertz CT molecular complexity index is 912. The lowest BCUT2D eigenvalue weighted by molar-refractivity contribution is -0.394. The summed E-state index contributed by atoms with van der Waals surface area (Å²) in [6, 6.07) is 10.4. The fraction of sp³-hybridized carbons (Fsp3) is 0.235. The van der Waals surface area contributed by atoms with Crippen molar-refractivity contribution in [3.63, 3.8) is 0 Å². The molecule has 0 spiro atoms. The van der Waals surface area contributed by atoms with Gasteiger partial charge < -0.3 is 9.80 Å². The van der Waals surface area contributed by atoms with E-state index in [9.17, 15) is 25.0 Å². The predicted octanol–water partition coefficient (Wildman–Crippen LogP) is 3.12. The molecule has 2 aromatic rings. The summed E-state index contributed by atoms with van der Waals surface area (Å²) in [6.07, 6.45) is 0. The molecule has 1 fully saturated rings. The van der Waals surface area contributed by atoms with Crippen LogP contribution in [-0.2, 0) is 0 Å². The summed E-state index contributed by atoms with van der Waals surface area (Å²) in [6.45, 7) is 1.85. The Hall–Kier alpha value is -3.20. The Morgan fingerprint density at radius 1 is 0.963 bits per heavy atom. The molecule has 0 aromatic heterocycles. The van der Waals surface area contributed by atoms with E-state index in [0.717, 1.165) is 23.9 Å². The second-order valence-electron chi connectivity index (χ2n) is 5.97. The number of nitrogens with zero attached hydrogens (tertiary/aromatic N) is 4. The fourth-order valence-corrected chi connectivity index (χ4v) is 3.16. The molecular weight excluding hydrogens is 376 g/mol. The molecule has 3 rings (SSSR count). The van der Waals surface area contributed by atoms with Crippen molar-refractivity contribution >= 4 is 34.6 Å². The standard InChI is InChI=1S/C17H15ClN4O5/c18-12-2-1-3-13(10-12)19-6-8-20(9-7-19)17(23)15-5-4-14(21(24)25)11-16(15)22(26)27/h1-5,10-11H,6-9H2. The van der Waals surface area contributed by atoms with Gasteiger partial charge in [0, 0.05) is 43.0 Å². The highest BCUT2D eigenvalue weighted by Crippen LogP contribution is 2.27. The molecule has 1 aliphatic rings. The minimum atomic E-state index is -0.775. The molecule has 0 saturated carbocycles. The zero-order chi connectivity index (χ0) is 19.6. The maximum Gasteiger partial charge on any atom is 0.289 e. The summed E-state index contributed by atoms with van der Waals surface area (Å²) < 4.78 is 0. The topological polar surface area (TPSA) is 110 Å². The highest BCUT2D eigenvalue weighted by atomic mass is 35.5. The third-order valence-corrected chi connectivity index (χ3v) is 4.59. The normalized spacial score (nSPS) is 14.1. The first-order valence-electron chi connectivity index (χ1n) is 8.09. The lowest BCUT2D eigenvalue weighted by atomic mass is 10.1. The van der Waals surface area contributed by atoms with Crippen molar-refractivity contribution in [3.8, 4) is 0 Å². The number of piperazine rings is 1. The average Bonchev–Trinajstić information content (AvgIpc) is 2.67. The molecule has 0 aliphatic carbocycles. The van der Waals surface area contributed by atoms with Crippen molar-refractivity contribution in [1.82, 2.24) is 4.90 Å². The van der Waals surface area contributed by atoms with Gasteiger partial charge in [-0.2, -0.15) is 0 Å². The molecule has 27 heavy (non-hydrogen) atoms. The van der Waals surface area contributed by atoms with Gasteiger partial charge in [0.1, 0.15) is 5.56 Å². The Morgan fingerprint density at radius 2 is 1.67 bits per heavy atom. The summed E-state index contributed by atoms with van der Waals surface area (Å²) in [5.41, 5.74) is -0.201. The van der Waals surface area contributed by atoms with Crippen molar-refractivity contribution in [2.24, 2.45) is 0 Å². The van der Waals surface area contributed by atoms with Crippen LogP contribution in [0.1, 0.15) is 10.4 Å². The van der Waals surface area contributed by atoms with Crippen LogP contribution in [0.25, 0.3) is 0 Å². The highest BCUT2D eigenvalue weighted by Gasteiger charge is 2.29. The van der Waals surface area contributed by atoms with Crippen LogP contribution in [0.5, 0.6) is 0 Å². The largest absolute Gasteiger partial charge is 0.368 e. The summed E-state index contributed by atoms with van der Waals surface area (Å²) in [7, 11) is 0. The first kappa shape index (κ1) is 18.6. The smallest absolute Gasteiger partial charge is 0.289 e. The van der Waals surface area contributed by atoms with E-state index < -0.39 is 27.1 Å². The van der Waals surface area contributed by atoms with E-state index in [-0.39, 0.29) is 5.56 Å². The number of halogens is 1. The van der Waals surface area contributed by atoms with Gasteiger partial charge in [0.25, 0.3) is 17.3 Å². The Morgan fingerprint density at radius 3 is 2.26 bits per heavy atom. The molecule has 0 atom stereocenters. The summed E-state index contributed by atoms with van der Waals surface area (Å²) in [5, 5.41) is 22.7. The fourth-order valence-electron chi connectivity index (χ4n) is 2.98. The molecule has 140 valence electrons. The van der Waals surface area contributed by atoms with Crippen LogP contribution >= 0.6 is 11.6 Å². The quantitative estimate of drug-likeness (QED) is 0.586. The van der Waals surface area contributed by atoms with E-state index >= 15 is 0 Å². The van der Waals surface area contributed by atoms with Crippen LogP contribution in [-0.4, -0.2) is 46.8 Å². The number of carbonyl (C=O) groups is 1. The Balaban J connectivity index is 1.76. The zero-order valence-electron chi connectivity index (χ0n) is 14.1. The predicted molar refractivity (Wildman–Crippen MR) is 99.3 cm³/mol. The van der Waals surface area contributed by atoms with Gasteiger partial charge in [-0.05, 0) is 24.3 Å². The van der Waals surface area contributed by atoms with Crippen molar-refractivity contribution in [3.05, 3.63) is 73.3 Å². The molecule has 1 aliphatic heterocycles. The molecule has 10 heteroatoms. The summed E-state index contributed by atoms with van der Waals surface area (Å²) in [5.74, 6) is -0.512. The molecule has 0 bridgehead atoms. The highest BCUT2D eigenvalue weighted by molar-refractivity contribution is 6.30. The molecule has 0 radical (unpaired) electrons. The molecule has 2 aromatic carbocycles. The van der Waals surface area contributed by atoms with E-state index in [1.807, 2.05) is 18.2 Å². The van der Waals surface area contributed by atoms with Crippen LogP contribution in [0.4, 0.5) is 17.1 Å². The van der Waals surface area contributed by atoms with Gasteiger partial charge in [0.2, 0.25) is 0 Å². The minimum Gasteiger partial charge on any atom is -0.368 e. The molecule has 0 N–H and O–H groups in total. The van der Waals surface area contributed by atoms with E-state index in [1.54, 1.807) is 6.07 Å². The van der Waals surface area contributed by atoms with Crippen LogP contribution in [0, 0.1) is 20.2 Å². The minimum absolute atomic E-state index is 0.151. The van der Waals surface area contributed by atoms with Crippen molar-refractivity contribution in [2.45, 2.75) is 0 Å². The molecular formula is C17H15ClN4O5. The van der Waals surface area contributed by atoms with E-state index in [0.29, 0.717) is 31.2 Å². The number of non-ortho nitro benzene ring substituents is 1. The van der Waals surface area contributed by atoms with Gasteiger partial charge >= 0.3 is 0 Å². The van der Waals surface area contributed by atoms with Crippen LogP contribution in [0.2, 0.25) is 5.02 Å². The third kappa shape index (κ3) is 3.98. The average molecular weight is 391 g/mol. The lowest BCUT2D eigenvalue weighted by Crippen LogP contribution is -2.48. The zero-order valence-corrected chi connectivity index (χ0v) is 14.8. The Kier molecular flexibility index (Phi) is 5.22. The second-order valence-corrected chi connectivity index (χ2v) is 6.41. The van der Waals surface area contributed by atoms with E-state index in [4.69, 9.17) is 11.6 Å². The first-order chi connectivity index (χ1) is 12.9. The number of benzene rings is 2. The van der Waals surface area contributed by atoms with Crippen LogP contribution in [0.15, 0.2) is 42.5 Å². The molecule has 1 saturated heterocycles. The number of anilines is 1. The number of hydrogen-bond acceptors (Lipinski definition) is 6. The Labute approximate surface area is 159 Å². The van der Waals surface area contributed by atoms with Gasteiger partial charge in [0.15, 0.2) is 0 Å². The van der Waals surface area contributed by atoms with Gasteiger partial charge in [-0.1, -0.05) is 17.7 Å². The number of rotatable bonds is 4. The molecule has 9 nitrogen and oxygen atoms in total. The third-order valence-electron chi connectivity index (χ3n) is 4.36. The van der Waals surface area contributed by atoms with Crippen molar-refractivity contribution < 1.29 is 14.6 Å². The lowest BCUT2D eigenvalue weighted by Gasteiger charge is -2.36. The number of carbonyl (C=O) groups excluding carboxylic acids is 1. The number of nitro benzene ring substituents is 2. The molecule has 0 unspecified atom stereocenters. The summed E-state index contributed by atoms with van der Waals surface area (Å²) >= 11 is 6.00. The number of hydrogen-bond donors (Lipinski definition) is 0. The number of amides is 1. The van der Waals surface area contributed by atoms with E-state index in [2.05, 4.69) is 4.90 Å². The van der Waals surface area contributed by atoms with Crippen LogP contribution in [0.3, 0.4) is 0 Å². The van der Waals surface area contributed by atoms with Gasteiger partial charge in [0.05, 0.1) is 15.9 Å². The number of nitro groups is 2. The second kappa shape index (κ2) is 7.58. The van der Waals surface area contributed by atoms with Crippen molar-refractivity contribution in [1.29, 1.82) is 0 Å². The molecule has 1 amide bonds. The van der Waals surface area contributed by atoms with Crippen molar-refractivity contribution in [2.75, 3.05) is 31.1 Å². The maximum absolute atomic E-state index is 12.7.